The predicted octanol–water partition coefficient (Wildman–Crippen LogP) is 11.8. The molecule has 0 N–H and O–H groups in total. The average Bonchev–Trinajstić information content (AvgIpc) is 3.14. The Hall–Kier alpha value is -2.82. The van der Waals surface area contributed by atoms with Gasteiger partial charge in [0.25, 0.3) is 8.32 Å². The lowest BCUT2D eigenvalue weighted by molar-refractivity contribution is -0.0471. The lowest BCUT2D eigenvalue weighted by Gasteiger charge is -2.43. The third-order valence-corrected chi connectivity index (χ3v) is 15.2. The highest BCUT2D eigenvalue weighted by Gasteiger charge is 2.50. The van der Waals surface area contributed by atoms with E-state index in [9.17, 15) is 9.65 Å². The molecule has 0 saturated heterocycles. The van der Waals surface area contributed by atoms with E-state index in [2.05, 4.69) is 76.2 Å². The second kappa shape index (κ2) is 25.2. The Bertz CT molecular complexity index is 1350. The molecule has 3 aromatic rings. The number of hydrogen-bond acceptors (Lipinski definition) is 4. The van der Waals surface area contributed by atoms with Crippen molar-refractivity contribution in [1.29, 1.82) is 5.26 Å². The van der Waals surface area contributed by atoms with Gasteiger partial charge in [0.15, 0.2) is 0 Å². The molecule has 0 aliphatic heterocycles. The quantitative estimate of drug-likeness (QED) is 0.0551. The number of rotatable bonds is 28. The van der Waals surface area contributed by atoms with Gasteiger partial charge in [-0.05, 0) is 45.6 Å². The van der Waals surface area contributed by atoms with Gasteiger partial charge in [0.05, 0.1) is 31.5 Å². The summed E-state index contributed by atoms with van der Waals surface area (Å²) in [7, 11) is -2.78. The number of ether oxygens (including phenoxy) is 2. The third kappa shape index (κ3) is 15.6. The van der Waals surface area contributed by atoms with E-state index in [-0.39, 0.29) is 23.3 Å². The van der Waals surface area contributed by atoms with Crippen LogP contribution in [0.2, 0.25) is 5.04 Å². The molecule has 0 bridgehead atoms. The van der Waals surface area contributed by atoms with Gasteiger partial charge in [0.1, 0.15) is 11.9 Å². The van der Waals surface area contributed by atoms with Crippen LogP contribution in [0.3, 0.4) is 0 Å². The molecule has 0 radical (unpaired) electrons. The summed E-state index contributed by atoms with van der Waals surface area (Å²) in [6.45, 7) is 10.6. The summed E-state index contributed by atoms with van der Waals surface area (Å²) in [4.78, 5) is 0. The summed E-state index contributed by atoms with van der Waals surface area (Å²) >= 11 is 0. The van der Waals surface area contributed by atoms with Crippen molar-refractivity contribution in [3.8, 4) is 6.07 Å². The van der Waals surface area contributed by atoms with Crippen molar-refractivity contribution in [2.45, 2.75) is 155 Å². The SMILES string of the molecule is CCCCCCCCCCCCCCCCCCCOC[C@H](CO[Si](c1ccccc1)(c1ccccc1)C(C)(C)C)OCc1cc(F)cc(C#N)c1. The van der Waals surface area contributed by atoms with E-state index < -0.39 is 14.1 Å². The van der Waals surface area contributed by atoms with Crippen LogP contribution in [-0.2, 0) is 20.5 Å². The maximum absolute atomic E-state index is 14.2. The first-order valence-corrected chi connectivity index (χ1v) is 22.3. The minimum atomic E-state index is -2.78. The molecule has 52 heavy (non-hydrogen) atoms. The molecule has 0 aliphatic carbocycles. The van der Waals surface area contributed by atoms with E-state index in [0.29, 0.717) is 25.4 Å². The Labute approximate surface area is 317 Å². The summed E-state index contributed by atoms with van der Waals surface area (Å²) < 4.78 is 34.0. The van der Waals surface area contributed by atoms with Crippen LogP contribution in [0.4, 0.5) is 4.39 Å². The number of halogens is 1. The monoisotopic (exact) mass is 729 g/mol. The van der Waals surface area contributed by atoms with Crippen molar-refractivity contribution in [3.63, 3.8) is 0 Å². The molecule has 0 aromatic heterocycles. The Morgan fingerprint density at radius 1 is 0.654 bits per heavy atom. The standard InChI is InChI=1S/C46H68FNO3Si/c1-5-6-7-8-9-10-11-12-13-14-15-16-17-18-19-20-27-32-49-38-43(50-37-41-33-40(36-48)34-42(47)35-41)39-51-52(46(2,3)4,44-28-23-21-24-29-44)45-30-25-22-26-31-45/h21-26,28-31,33-35,43H,5-20,27,32,37-39H2,1-4H3/t43-/m1/s1. The maximum Gasteiger partial charge on any atom is 0.261 e. The fourth-order valence-corrected chi connectivity index (χ4v) is 11.9. The van der Waals surface area contributed by atoms with Gasteiger partial charge in [-0.2, -0.15) is 5.26 Å². The number of nitrogens with zero attached hydrogens (tertiary/aromatic N) is 1. The topological polar surface area (TPSA) is 51.5 Å². The smallest absolute Gasteiger partial charge is 0.261 e. The molecule has 6 heteroatoms. The molecule has 0 aliphatic rings. The highest BCUT2D eigenvalue weighted by Crippen LogP contribution is 2.37. The van der Waals surface area contributed by atoms with E-state index in [1.54, 1.807) is 6.07 Å². The van der Waals surface area contributed by atoms with E-state index in [0.717, 1.165) is 6.42 Å². The van der Waals surface area contributed by atoms with E-state index in [1.165, 1.54) is 125 Å². The van der Waals surface area contributed by atoms with E-state index in [4.69, 9.17) is 13.9 Å². The summed E-state index contributed by atoms with van der Waals surface area (Å²) in [6.07, 6.45) is 22.5. The fourth-order valence-electron chi connectivity index (χ4n) is 7.28. The van der Waals surface area contributed by atoms with Gasteiger partial charge in [0, 0.05) is 6.61 Å². The minimum absolute atomic E-state index is 0.168. The van der Waals surface area contributed by atoms with Gasteiger partial charge in [-0.15, -0.1) is 0 Å². The molecule has 0 unspecified atom stereocenters. The summed E-state index contributed by atoms with van der Waals surface area (Å²) in [5.74, 6) is -0.437. The maximum atomic E-state index is 14.2. The van der Waals surface area contributed by atoms with Crippen molar-refractivity contribution in [3.05, 3.63) is 95.8 Å². The first-order chi connectivity index (χ1) is 25.3. The molecular formula is C46H68FNO3Si. The lowest BCUT2D eigenvalue weighted by Crippen LogP contribution is -2.67. The van der Waals surface area contributed by atoms with Crippen molar-refractivity contribution in [1.82, 2.24) is 0 Å². The molecule has 286 valence electrons. The zero-order chi connectivity index (χ0) is 37.3. The zero-order valence-electron chi connectivity index (χ0n) is 33.0. The molecule has 0 saturated carbocycles. The van der Waals surface area contributed by atoms with Crippen LogP contribution in [0.15, 0.2) is 78.9 Å². The first kappa shape index (κ1) is 43.6. The summed E-state index contributed by atoms with van der Waals surface area (Å²) in [6, 6.07) is 27.6. The van der Waals surface area contributed by atoms with Crippen molar-refractivity contribution in [2.24, 2.45) is 0 Å². The van der Waals surface area contributed by atoms with E-state index >= 15 is 0 Å². The van der Waals surface area contributed by atoms with Crippen molar-refractivity contribution in [2.75, 3.05) is 19.8 Å². The highest BCUT2D eigenvalue weighted by molar-refractivity contribution is 6.99. The van der Waals surface area contributed by atoms with E-state index in [1.807, 2.05) is 18.2 Å². The largest absolute Gasteiger partial charge is 0.405 e. The molecule has 0 spiro atoms. The normalized spacial score (nSPS) is 12.5. The van der Waals surface area contributed by atoms with Gasteiger partial charge in [-0.25, -0.2) is 4.39 Å². The minimum Gasteiger partial charge on any atom is -0.405 e. The summed E-state index contributed by atoms with van der Waals surface area (Å²) in [5.41, 5.74) is 0.911. The van der Waals surface area contributed by atoms with Crippen LogP contribution in [0, 0.1) is 17.1 Å². The number of unbranched alkanes of at least 4 members (excludes halogenated alkanes) is 16. The predicted molar refractivity (Wildman–Crippen MR) is 218 cm³/mol. The Balaban J connectivity index is 1.47. The number of hydrogen-bond donors (Lipinski definition) is 0. The van der Waals surface area contributed by atoms with Crippen LogP contribution >= 0.6 is 0 Å². The Morgan fingerprint density at radius 2 is 1.13 bits per heavy atom. The van der Waals surface area contributed by atoms with Crippen LogP contribution in [0.1, 0.15) is 148 Å². The molecule has 3 aromatic carbocycles. The van der Waals surface area contributed by atoms with Gasteiger partial charge in [-0.1, -0.05) is 191 Å². The average molecular weight is 730 g/mol. The van der Waals surface area contributed by atoms with Crippen LogP contribution in [-0.4, -0.2) is 34.2 Å². The molecule has 0 heterocycles. The summed E-state index contributed by atoms with van der Waals surface area (Å²) in [5, 5.41) is 11.6. The van der Waals surface area contributed by atoms with Crippen molar-refractivity contribution < 1.29 is 18.3 Å². The first-order valence-electron chi connectivity index (χ1n) is 20.4. The van der Waals surface area contributed by atoms with Gasteiger partial charge < -0.3 is 13.9 Å². The molecule has 0 fully saturated rings. The van der Waals surface area contributed by atoms with Crippen LogP contribution in [0.5, 0.6) is 0 Å². The Morgan fingerprint density at radius 3 is 1.60 bits per heavy atom. The Kier molecular flexibility index (Phi) is 21.2. The van der Waals surface area contributed by atoms with Crippen LogP contribution < -0.4 is 10.4 Å². The second-order valence-corrected chi connectivity index (χ2v) is 19.9. The van der Waals surface area contributed by atoms with Gasteiger partial charge in [-0.3, -0.25) is 0 Å². The number of nitriles is 1. The molecule has 3 rings (SSSR count). The zero-order valence-corrected chi connectivity index (χ0v) is 34.0. The fraction of sp³-hybridized carbons (Fsp3) is 0.587. The van der Waals surface area contributed by atoms with Crippen molar-refractivity contribution >= 4 is 18.7 Å². The van der Waals surface area contributed by atoms with Gasteiger partial charge >= 0.3 is 0 Å². The molecule has 1 atom stereocenters. The highest BCUT2D eigenvalue weighted by atomic mass is 28.4. The van der Waals surface area contributed by atoms with Crippen LogP contribution in [0.25, 0.3) is 0 Å². The molecule has 0 amide bonds. The molecule has 4 nitrogen and oxygen atoms in total. The lowest BCUT2D eigenvalue weighted by atomic mass is 10.0. The second-order valence-electron chi connectivity index (χ2n) is 15.6. The van der Waals surface area contributed by atoms with Gasteiger partial charge in [0.2, 0.25) is 0 Å². The number of benzene rings is 3. The third-order valence-electron chi connectivity index (χ3n) is 10.2. The molecular weight excluding hydrogens is 662 g/mol.